The lowest BCUT2D eigenvalue weighted by Gasteiger charge is -2.34. The summed E-state index contributed by atoms with van der Waals surface area (Å²) in [6, 6.07) is 11.3. The molecule has 0 amide bonds. The molecule has 0 aliphatic carbocycles. The monoisotopic (exact) mass is 423 g/mol. The summed E-state index contributed by atoms with van der Waals surface area (Å²) in [5, 5.41) is 0.648. The largest absolute Gasteiger partial charge is 0.383 e. The first-order valence-electron chi connectivity index (χ1n) is 10.2. The Hall–Kier alpha value is -2.86. The highest BCUT2D eigenvalue weighted by molar-refractivity contribution is 6.33. The van der Waals surface area contributed by atoms with E-state index in [0.29, 0.717) is 28.3 Å². The van der Waals surface area contributed by atoms with Gasteiger partial charge in [0, 0.05) is 31.0 Å². The molecule has 3 heterocycles. The summed E-state index contributed by atoms with van der Waals surface area (Å²) in [5.41, 5.74) is 9.49. The lowest BCUT2D eigenvalue weighted by molar-refractivity contribution is 0.404. The van der Waals surface area contributed by atoms with Crippen molar-refractivity contribution in [2.45, 2.75) is 33.1 Å². The molecule has 0 saturated carbocycles. The Morgan fingerprint density at radius 2 is 1.93 bits per heavy atom. The van der Waals surface area contributed by atoms with Crippen LogP contribution < -0.4 is 16.2 Å². The minimum atomic E-state index is -0.0979. The van der Waals surface area contributed by atoms with E-state index in [2.05, 4.69) is 20.9 Å². The van der Waals surface area contributed by atoms with Crippen molar-refractivity contribution in [1.82, 2.24) is 14.5 Å². The van der Waals surface area contributed by atoms with Gasteiger partial charge in [0.05, 0.1) is 16.4 Å². The number of hydrogen-bond acceptors (Lipinski definition) is 5. The fourth-order valence-electron chi connectivity index (χ4n) is 4.26. The second-order valence-corrected chi connectivity index (χ2v) is 8.34. The molecule has 4 rings (SSSR count). The number of nitrogen functional groups attached to an aromatic ring is 1. The molecule has 0 radical (unpaired) electrons. The van der Waals surface area contributed by atoms with Crippen LogP contribution in [0.2, 0.25) is 5.02 Å². The third kappa shape index (κ3) is 4.19. The molecule has 0 atom stereocenters. The number of benzene rings is 1. The molecule has 1 aliphatic heterocycles. The summed E-state index contributed by atoms with van der Waals surface area (Å²) >= 11 is 6.63. The van der Waals surface area contributed by atoms with Gasteiger partial charge in [0.15, 0.2) is 0 Å². The normalized spacial score (nSPS) is 14.8. The van der Waals surface area contributed by atoms with Crippen LogP contribution >= 0.6 is 11.6 Å². The van der Waals surface area contributed by atoms with Gasteiger partial charge < -0.3 is 10.6 Å². The molecule has 2 N–H and O–H groups in total. The first-order valence-corrected chi connectivity index (χ1v) is 10.6. The van der Waals surface area contributed by atoms with Crippen molar-refractivity contribution in [3.05, 3.63) is 75.1 Å². The number of hydrogen-bond donors (Lipinski definition) is 1. The van der Waals surface area contributed by atoms with Gasteiger partial charge in [-0.3, -0.25) is 9.36 Å². The van der Waals surface area contributed by atoms with Crippen LogP contribution in [-0.2, 0) is 6.42 Å². The molecule has 6 nitrogen and oxygen atoms in total. The van der Waals surface area contributed by atoms with Gasteiger partial charge in [-0.25, -0.2) is 9.97 Å². The van der Waals surface area contributed by atoms with Gasteiger partial charge in [-0.15, -0.1) is 0 Å². The van der Waals surface area contributed by atoms with E-state index in [1.54, 1.807) is 10.8 Å². The standard InChI is InChI=1S/C23H26ClN5O/c1-15-12-22(30)29(16(2)27-15)19-5-6-21(20(24)14-19)28-10-7-17(8-11-28)13-18-4-3-9-26-23(18)25/h3-6,9,12,14,17H,7-8,10-11,13H2,1-2H3,(H2,25,26). The van der Waals surface area contributed by atoms with Crippen molar-refractivity contribution in [2.75, 3.05) is 23.7 Å². The van der Waals surface area contributed by atoms with E-state index >= 15 is 0 Å². The number of halogens is 1. The number of nitrogens with zero attached hydrogens (tertiary/aromatic N) is 4. The topological polar surface area (TPSA) is 77.0 Å². The average Bonchev–Trinajstić information content (AvgIpc) is 2.70. The van der Waals surface area contributed by atoms with E-state index in [4.69, 9.17) is 17.3 Å². The van der Waals surface area contributed by atoms with Crippen molar-refractivity contribution >= 4 is 23.1 Å². The molecule has 2 aromatic heterocycles. The number of piperidine rings is 1. The van der Waals surface area contributed by atoms with E-state index in [1.165, 1.54) is 6.07 Å². The Morgan fingerprint density at radius 1 is 1.17 bits per heavy atom. The Kier molecular flexibility index (Phi) is 5.77. The van der Waals surface area contributed by atoms with E-state index in [-0.39, 0.29) is 5.56 Å². The molecule has 1 saturated heterocycles. The second-order valence-electron chi connectivity index (χ2n) is 7.94. The van der Waals surface area contributed by atoms with Gasteiger partial charge in [-0.1, -0.05) is 17.7 Å². The number of pyridine rings is 1. The van der Waals surface area contributed by atoms with Crippen molar-refractivity contribution in [3.63, 3.8) is 0 Å². The van der Waals surface area contributed by atoms with Crippen LogP contribution in [0.3, 0.4) is 0 Å². The number of nitrogens with two attached hydrogens (primary N) is 1. The van der Waals surface area contributed by atoms with Crippen LogP contribution in [0.15, 0.2) is 47.4 Å². The van der Waals surface area contributed by atoms with Crippen LogP contribution in [0.4, 0.5) is 11.5 Å². The third-order valence-electron chi connectivity index (χ3n) is 5.79. The summed E-state index contributed by atoms with van der Waals surface area (Å²) in [6.45, 7) is 5.53. The molecule has 0 spiro atoms. The SMILES string of the molecule is Cc1cc(=O)n(-c2ccc(N3CCC(Cc4cccnc4N)CC3)c(Cl)c2)c(C)n1. The lowest BCUT2D eigenvalue weighted by atomic mass is 9.90. The maximum Gasteiger partial charge on any atom is 0.258 e. The maximum atomic E-state index is 12.4. The van der Waals surface area contributed by atoms with Crippen LogP contribution in [0.1, 0.15) is 29.9 Å². The lowest BCUT2D eigenvalue weighted by Crippen LogP contribution is -2.34. The molecule has 1 aliphatic rings. The summed E-state index contributed by atoms with van der Waals surface area (Å²) < 4.78 is 1.59. The number of rotatable bonds is 4. The summed E-state index contributed by atoms with van der Waals surface area (Å²) in [4.78, 5) is 23.3. The molecule has 156 valence electrons. The van der Waals surface area contributed by atoms with Crippen LogP contribution in [0.5, 0.6) is 0 Å². The van der Waals surface area contributed by atoms with E-state index < -0.39 is 0 Å². The summed E-state index contributed by atoms with van der Waals surface area (Å²) in [6.07, 6.45) is 4.85. The fraction of sp³-hybridized carbons (Fsp3) is 0.348. The molecule has 0 bridgehead atoms. The van der Waals surface area contributed by atoms with Gasteiger partial charge in [0.25, 0.3) is 5.56 Å². The summed E-state index contributed by atoms with van der Waals surface area (Å²) in [7, 11) is 0. The molecule has 0 unspecified atom stereocenters. The zero-order valence-electron chi connectivity index (χ0n) is 17.3. The zero-order chi connectivity index (χ0) is 21.3. The van der Waals surface area contributed by atoms with Gasteiger partial charge in [0.2, 0.25) is 0 Å². The molecule has 3 aromatic rings. The Labute approximate surface area is 181 Å². The summed E-state index contributed by atoms with van der Waals surface area (Å²) in [5.74, 6) is 1.87. The minimum absolute atomic E-state index is 0.0979. The van der Waals surface area contributed by atoms with Crippen molar-refractivity contribution in [2.24, 2.45) is 5.92 Å². The fourth-order valence-corrected chi connectivity index (χ4v) is 4.55. The Morgan fingerprint density at radius 3 is 2.60 bits per heavy atom. The molecular formula is C23H26ClN5O. The van der Waals surface area contributed by atoms with Crippen molar-refractivity contribution < 1.29 is 0 Å². The average molecular weight is 424 g/mol. The van der Waals surface area contributed by atoms with Gasteiger partial charge >= 0.3 is 0 Å². The van der Waals surface area contributed by atoms with E-state index in [9.17, 15) is 4.79 Å². The van der Waals surface area contributed by atoms with E-state index in [1.807, 2.05) is 38.1 Å². The maximum absolute atomic E-state index is 12.4. The second kappa shape index (κ2) is 8.48. The van der Waals surface area contributed by atoms with Crippen molar-refractivity contribution in [1.29, 1.82) is 0 Å². The molecule has 30 heavy (non-hydrogen) atoms. The van der Waals surface area contributed by atoms with Gasteiger partial charge in [-0.05, 0) is 68.9 Å². The molecular weight excluding hydrogens is 398 g/mol. The molecule has 1 aromatic carbocycles. The first-order chi connectivity index (χ1) is 14.4. The van der Waals surface area contributed by atoms with Crippen LogP contribution in [0.25, 0.3) is 5.69 Å². The number of aromatic nitrogens is 3. The minimum Gasteiger partial charge on any atom is -0.383 e. The van der Waals surface area contributed by atoms with Gasteiger partial charge in [-0.2, -0.15) is 0 Å². The molecule has 1 fully saturated rings. The first kappa shape index (κ1) is 20.4. The smallest absolute Gasteiger partial charge is 0.258 e. The third-order valence-corrected chi connectivity index (χ3v) is 6.10. The predicted octanol–water partition coefficient (Wildman–Crippen LogP) is 3.94. The highest BCUT2D eigenvalue weighted by atomic mass is 35.5. The van der Waals surface area contributed by atoms with Crippen LogP contribution in [-0.4, -0.2) is 27.6 Å². The highest BCUT2D eigenvalue weighted by Crippen LogP contribution is 2.32. The number of anilines is 2. The zero-order valence-corrected chi connectivity index (χ0v) is 18.1. The van der Waals surface area contributed by atoms with Crippen LogP contribution in [0, 0.1) is 19.8 Å². The predicted molar refractivity (Wildman–Crippen MR) is 122 cm³/mol. The number of aryl methyl sites for hydroxylation is 2. The van der Waals surface area contributed by atoms with Crippen molar-refractivity contribution in [3.8, 4) is 5.69 Å². The highest BCUT2D eigenvalue weighted by Gasteiger charge is 2.22. The Bertz CT molecular complexity index is 1120. The van der Waals surface area contributed by atoms with E-state index in [0.717, 1.165) is 49.3 Å². The van der Waals surface area contributed by atoms with Gasteiger partial charge in [0.1, 0.15) is 11.6 Å². The molecule has 7 heteroatoms. The Balaban J connectivity index is 1.47. The quantitative estimate of drug-likeness (QED) is 0.687.